The van der Waals surface area contributed by atoms with Crippen LogP contribution in [-0.4, -0.2) is 35.8 Å². The average Bonchev–Trinajstić information content (AvgIpc) is 2.94. The van der Waals surface area contributed by atoms with Crippen molar-refractivity contribution < 1.29 is 23.5 Å². The molecule has 0 bridgehead atoms. The Morgan fingerprint density at radius 1 is 1.19 bits per heavy atom. The van der Waals surface area contributed by atoms with Gasteiger partial charge in [0, 0.05) is 0 Å². The van der Waals surface area contributed by atoms with Gasteiger partial charge in [-0.3, -0.25) is 14.5 Å². The van der Waals surface area contributed by atoms with Crippen LogP contribution in [0.4, 0.5) is 14.9 Å². The van der Waals surface area contributed by atoms with Crippen LogP contribution >= 0.6 is 11.8 Å². The molecule has 0 spiro atoms. The van der Waals surface area contributed by atoms with Crippen molar-refractivity contribution in [1.29, 1.82) is 0 Å². The van der Waals surface area contributed by atoms with Crippen LogP contribution in [0.15, 0.2) is 53.4 Å². The number of carbonyl (C=O) groups is 3. The Morgan fingerprint density at radius 3 is 2.59 bits per heavy atom. The van der Waals surface area contributed by atoms with Crippen LogP contribution < -0.4 is 5.32 Å². The van der Waals surface area contributed by atoms with Gasteiger partial charge in [0.1, 0.15) is 5.82 Å². The molecule has 2 amide bonds. The lowest BCUT2D eigenvalue weighted by atomic mass is 10.2. The third-order valence-electron chi connectivity index (χ3n) is 3.80. The highest BCUT2D eigenvalue weighted by Gasteiger charge is 2.35. The zero-order chi connectivity index (χ0) is 19.4. The van der Waals surface area contributed by atoms with Crippen molar-refractivity contribution in [2.75, 3.05) is 19.1 Å². The molecule has 1 aliphatic heterocycles. The maximum Gasteiger partial charge on any atom is 0.339 e. The Hall–Kier alpha value is -3.13. The Labute approximate surface area is 159 Å². The normalized spacial score (nSPS) is 15.3. The molecule has 0 aromatic heterocycles. The number of rotatable bonds is 5. The summed E-state index contributed by atoms with van der Waals surface area (Å²) in [6.45, 7) is -0.0978. The number of nitrogens with zero attached hydrogens (tertiary/aromatic N) is 1. The smallest absolute Gasteiger partial charge is 0.339 e. The number of nitrogens with one attached hydrogen (secondary N) is 1. The van der Waals surface area contributed by atoms with Gasteiger partial charge in [-0.15, -0.1) is 0 Å². The van der Waals surface area contributed by atoms with E-state index in [9.17, 15) is 18.8 Å². The number of hydrogen-bond acceptors (Lipinski definition) is 6. The molecule has 1 N–H and O–H groups in total. The number of thioether (sulfide) groups is 1. The van der Waals surface area contributed by atoms with E-state index in [4.69, 9.17) is 4.74 Å². The first kappa shape index (κ1) is 18.7. The largest absolute Gasteiger partial charge is 0.465 e. The van der Waals surface area contributed by atoms with Crippen LogP contribution in [0.1, 0.15) is 15.9 Å². The predicted molar refractivity (Wildman–Crippen MR) is 100 cm³/mol. The zero-order valence-corrected chi connectivity index (χ0v) is 15.1. The molecule has 27 heavy (non-hydrogen) atoms. The zero-order valence-electron chi connectivity index (χ0n) is 14.3. The molecule has 0 aliphatic carbocycles. The Bertz CT molecular complexity index is 928. The number of imide groups is 1. The number of halogens is 1. The summed E-state index contributed by atoms with van der Waals surface area (Å²) in [4.78, 5) is 37.7. The average molecular weight is 386 g/mol. The van der Waals surface area contributed by atoms with Crippen molar-refractivity contribution in [2.24, 2.45) is 0 Å². The van der Waals surface area contributed by atoms with Gasteiger partial charge in [-0.1, -0.05) is 24.3 Å². The fraction of sp³-hybridized carbons (Fsp3) is 0.105. The van der Waals surface area contributed by atoms with E-state index < -0.39 is 17.1 Å². The van der Waals surface area contributed by atoms with E-state index in [0.29, 0.717) is 16.8 Å². The van der Waals surface area contributed by atoms with E-state index >= 15 is 0 Å². The topological polar surface area (TPSA) is 75.7 Å². The molecular weight excluding hydrogens is 371 g/mol. The van der Waals surface area contributed by atoms with Gasteiger partial charge < -0.3 is 10.1 Å². The number of para-hydroxylation sites is 1. The first-order valence-corrected chi connectivity index (χ1v) is 8.73. The summed E-state index contributed by atoms with van der Waals surface area (Å²) in [6.07, 6.45) is 1.53. The first-order chi connectivity index (χ1) is 13.0. The van der Waals surface area contributed by atoms with Crippen molar-refractivity contribution in [3.8, 4) is 0 Å². The van der Waals surface area contributed by atoms with Crippen LogP contribution in [-0.2, 0) is 9.53 Å². The molecule has 8 heteroatoms. The van der Waals surface area contributed by atoms with E-state index in [0.717, 1.165) is 16.7 Å². The standard InChI is InChI=1S/C19H15FN2O4S/c1-26-18(24)14-4-2-3-5-15(14)21-11-22-17(23)16(27-19(22)25)10-12-6-8-13(20)9-7-12/h2-10,21H,11H2,1H3/b16-10-. The quantitative estimate of drug-likeness (QED) is 0.624. The van der Waals surface area contributed by atoms with Gasteiger partial charge in [-0.25, -0.2) is 9.18 Å². The van der Waals surface area contributed by atoms with Gasteiger partial charge >= 0.3 is 5.97 Å². The SMILES string of the molecule is COC(=O)c1ccccc1NCN1C(=O)S/C(=C\c2ccc(F)cc2)C1=O. The molecule has 0 atom stereocenters. The third kappa shape index (κ3) is 4.17. The fourth-order valence-corrected chi connectivity index (χ4v) is 3.27. The van der Waals surface area contributed by atoms with E-state index in [1.807, 2.05) is 0 Å². The molecule has 6 nitrogen and oxygen atoms in total. The van der Waals surface area contributed by atoms with E-state index in [1.54, 1.807) is 24.3 Å². The molecule has 0 saturated carbocycles. The molecular formula is C19H15FN2O4S. The highest BCUT2D eigenvalue weighted by molar-refractivity contribution is 8.18. The molecule has 1 heterocycles. The minimum absolute atomic E-state index is 0.0978. The number of benzene rings is 2. The van der Waals surface area contributed by atoms with Crippen LogP contribution in [0.3, 0.4) is 0 Å². The summed E-state index contributed by atoms with van der Waals surface area (Å²) in [5, 5.41) is 2.48. The monoisotopic (exact) mass is 386 g/mol. The maximum absolute atomic E-state index is 13.0. The van der Waals surface area contributed by atoms with E-state index in [-0.39, 0.29) is 17.4 Å². The van der Waals surface area contributed by atoms with Crippen molar-refractivity contribution in [3.63, 3.8) is 0 Å². The second-order valence-electron chi connectivity index (χ2n) is 5.53. The Balaban J connectivity index is 1.73. The summed E-state index contributed by atoms with van der Waals surface area (Å²) in [5.41, 5.74) is 1.37. The van der Waals surface area contributed by atoms with Crippen LogP contribution in [0.5, 0.6) is 0 Å². The second kappa shape index (κ2) is 8.05. The maximum atomic E-state index is 13.0. The number of esters is 1. The lowest BCUT2D eigenvalue weighted by molar-refractivity contribution is -0.122. The number of methoxy groups -OCH3 is 1. The van der Waals surface area contributed by atoms with Gasteiger partial charge in [0.25, 0.3) is 11.1 Å². The Morgan fingerprint density at radius 2 is 1.89 bits per heavy atom. The minimum Gasteiger partial charge on any atom is -0.465 e. The van der Waals surface area contributed by atoms with Gasteiger partial charge in [0.2, 0.25) is 0 Å². The molecule has 1 fully saturated rings. The summed E-state index contributed by atoms with van der Waals surface area (Å²) >= 11 is 0.804. The van der Waals surface area contributed by atoms with Crippen LogP contribution in [0.25, 0.3) is 6.08 Å². The highest BCUT2D eigenvalue weighted by Crippen LogP contribution is 2.32. The molecule has 0 unspecified atom stereocenters. The number of hydrogen-bond donors (Lipinski definition) is 1. The lowest BCUT2D eigenvalue weighted by Gasteiger charge is -2.16. The van der Waals surface area contributed by atoms with Crippen LogP contribution in [0, 0.1) is 5.82 Å². The van der Waals surface area contributed by atoms with E-state index in [1.165, 1.54) is 37.5 Å². The summed E-state index contributed by atoms with van der Waals surface area (Å²) < 4.78 is 17.7. The first-order valence-electron chi connectivity index (χ1n) is 7.92. The van der Waals surface area contributed by atoms with Gasteiger partial charge in [-0.05, 0) is 47.7 Å². The molecule has 0 radical (unpaired) electrons. The number of anilines is 1. The molecule has 3 rings (SSSR count). The molecule has 1 aliphatic rings. The minimum atomic E-state index is -0.525. The molecule has 1 saturated heterocycles. The number of ether oxygens (including phenoxy) is 1. The third-order valence-corrected chi connectivity index (χ3v) is 4.71. The Kier molecular flexibility index (Phi) is 5.56. The fourth-order valence-electron chi connectivity index (χ4n) is 2.44. The second-order valence-corrected chi connectivity index (χ2v) is 6.53. The lowest BCUT2D eigenvalue weighted by Crippen LogP contribution is -2.33. The van der Waals surface area contributed by atoms with E-state index in [2.05, 4.69) is 5.32 Å². The summed E-state index contributed by atoms with van der Waals surface area (Å²) in [6, 6.07) is 12.2. The van der Waals surface area contributed by atoms with Crippen molar-refractivity contribution >= 4 is 40.6 Å². The summed E-state index contributed by atoms with van der Waals surface area (Å²) in [7, 11) is 1.27. The van der Waals surface area contributed by atoms with Crippen molar-refractivity contribution in [3.05, 3.63) is 70.4 Å². The van der Waals surface area contributed by atoms with Gasteiger partial charge in [-0.2, -0.15) is 0 Å². The number of carbonyl (C=O) groups excluding carboxylic acids is 3. The number of amides is 2. The molecule has 2 aromatic rings. The summed E-state index contributed by atoms with van der Waals surface area (Å²) in [5.74, 6) is -1.37. The highest BCUT2D eigenvalue weighted by atomic mass is 32.2. The molecule has 138 valence electrons. The van der Waals surface area contributed by atoms with Crippen LogP contribution in [0.2, 0.25) is 0 Å². The predicted octanol–water partition coefficient (Wildman–Crippen LogP) is 3.72. The molecule has 2 aromatic carbocycles. The van der Waals surface area contributed by atoms with Gasteiger partial charge in [0.15, 0.2) is 0 Å². The van der Waals surface area contributed by atoms with Crippen molar-refractivity contribution in [2.45, 2.75) is 0 Å². The van der Waals surface area contributed by atoms with Crippen molar-refractivity contribution in [1.82, 2.24) is 4.90 Å². The van der Waals surface area contributed by atoms with Gasteiger partial charge in [0.05, 0.1) is 29.9 Å².